The van der Waals surface area contributed by atoms with E-state index in [9.17, 15) is 4.79 Å². The van der Waals surface area contributed by atoms with Gasteiger partial charge < -0.3 is 11.1 Å². The molecule has 0 bridgehead atoms. The molecule has 0 aromatic heterocycles. The molecule has 0 aromatic rings. The summed E-state index contributed by atoms with van der Waals surface area (Å²) in [6.07, 6.45) is 5.20. The minimum absolute atomic E-state index is 0.206. The third kappa shape index (κ3) is 5.38. The number of hydrogen-bond acceptors (Lipinski definition) is 2. The van der Waals surface area contributed by atoms with Gasteiger partial charge in [0, 0.05) is 12.5 Å². The highest BCUT2D eigenvalue weighted by molar-refractivity contribution is 5.76. The van der Waals surface area contributed by atoms with Crippen molar-refractivity contribution in [3.8, 4) is 0 Å². The standard InChI is InChI=1S/C15H30N2O/c1-11(9-15(2,3)4)8-14(18)17-13-7-5-6-12(13)10-16/h11-13H,5-10,16H2,1-4H3,(H,17,18). The molecule has 1 aliphatic rings. The van der Waals surface area contributed by atoms with Gasteiger partial charge >= 0.3 is 0 Å². The maximum absolute atomic E-state index is 12.0. The van der Waals surface area contributed by atoms with Crippen molar-refractivity contribution in [1.29, 1.82) is 0 Å². The molecular weight excluding hydrogens is 224 g/mol. The van der Waals surface area contributed by atoms with Crippen LogP contribution in [0.15, 0.2) is 0 Å². The summed E-state index contributed by atoms with van der Waals surface area (Å²) < 4.78 is 0. The summed E-state index contributed by atoms with van der Waals surface area (Å²) in [5, 5.41) is 3.18. The summed E-state index contributed by atoms with van der Waals surface area (Å²) in [7, 11) is 0. The third-order valence-corrected chi connectivity index (χ3v) is 3.80. The Bertz CT molecular complexity index is 270. The van der Waals surface area contributed by atoms with Crippen LogP contribution in [0.3, 0.4) is 0 Å². The second kappa shape index (κ2) is 6.55. The van der Waals surface area contributed by atoms with Crippen molar-refractivity contribution in [3.63, 3.8) is 0 Å². The van der Waals surface area contributed by atoms with E-state index in [2.05, 4.69) is 33.0 Å². The first kappa shape index (κ1) is 15.5. The summed E-state index contributed by atoms with van der Waals surface area (Å²) in [5.41, 5.74) is 6.03. The normalized spacial score (nSPS) is 26.1. The van der Waals surface area contributed by atoms with E-state index in [1.807, 2.05) is 0 Å². The van der Waals surface area contributed by atoms with Gasteiger partial charge in [0.25, 0.3) is 0 Å². The monoisotopic (exact) mass is 254 g/mol. The summed E-state index contributed by atoms with van der Waals surface area (Å²) in [6.45, 7) is 9.54. The van der Waals surface area contributed by atoms with E-state index >= 15 is 0 Å². The van der Waals surface area contributed by atoms with Crippen LogP contribution in [0.1, 0.15) is 59.8 Å². The van der Waals surface area contributed by atoms with Crippen LogP contribution in [-0.4, -0.2) is 18.5 Å². The molecule has 3 heteroatoms. The molecular formula is C15H30N2O. The average molecular weight is 254 g/mol. The lowest BCUT2D eigenvalue weighted by Crippen LogP contribution is -2.40. The maximum Gasteiger partial charge on any atom is 0.220 e. The number of hydrogen-bond donors (Lipinski definition) is 2. The van der Waals surface area contributed by atoms with Gasteiger partial charge in [0.05, 0.1) is 0 Å². The molecule has 0 spiro atoms. The van der Waals surface area contributed by atoms with Gasteiger partial charge in [-0.05, 0) is 43.1 Å². The van der Waals surface area contributed by atoms with Crippen molar-refractivity contribution in [1.82, 2.24) is 5.32 Å². The molecule has 1 rings (SSSR count). The lowest BCUT2D eigenvalue weighted by atomic mass is 9.84. The van der Waals surface area contributed by atoms with Crippen molar-refractivity contribution in [2.75, 3.05) is 6.54 Å². The predicted molar refractivity (Wildman–Crippen MR) is 76.2 cm³/mol. The zero-order chi connectivity index (χ0) is 13.8. The summed E-state index contributed by atoms with van der Waals surface area (Å²) in [4.78, 5) is 12.0. The minimum Gasteiger partial charge on any atom is -0.353 e. The molecule has 0 aliphatic heterocycles. The largest absolute Gasteiger partial charge is 0.353 e. The fourth-order valence-electron chi connectivity index (χ4n) is 3.21. The van der Waals surface area contributed by atoms with E-state index in [-0.39, 0.29) is 5.91 Å². The van der Waals surface area contributed by atoms with Crippen LogP contribution in [0, 0.1) is 17.3 Å². The van der Waals surface area contributed by atoms with Crippen LogP contribution >= 0.6 is 0 Å². The highest BCUT2D eigenvalue weighted by Gasteiger charge is 2.27. The highest BCUT2D eigenvalue weighted by atomic mass is 16.1. The first-order valence-electron chi connectivity index (χ1n) is 7.31. The summed E-state index contributed by atoms with van der Waals surface area (Å²) in [6, 6.07) is 0.323. The maximum atomic E-state index is 12.0. The van der Waals surface area contributed by atoms with Crippen molar-refractivity contribution < 1.29 is 4.79 Å². The number of nitrogens with two attached hydrogens (primary N) is 1. The Kier molecular flexibility index (Phi) is 5.64. The van der Waals surface area contributed by atoms with Crippen molar-refractivity contribution >= 4 is 5.91 Å². The first-order chi connectivity index (χ1) is 8.31. The van der Waals surface area contributed by atoms with Crippen LogP contribution in [0.2, 0.25) is 0 Å². The van der Waals surface area contributed by atoms with Crippen molar-refractivity contribution in [2.24, 2.45) is 23.0 Å². The molecule has 1 aliphatic carbocycles. The second-order valence-electron chi connectivity index (χ2n) is 7.17. The van der Waals surface area contributed by atoms with Gasteiger partial charge in [0.2, 0.25) is 5.91 Å². The quantitative estimate of drug-likeness (QED) is 0.792. The molecule has 1 amide bonds. The predicted octanol–water partition coefficient (Wildman–Crippen LogP) is 2.69. The Hall–Kier alpha value is -0.570. The molecule has 0 aromatic carbocycles. The minimum atomic E-state index is 0.206. The SMILES string of the molecule is CC(CC(=O)NC1CCCC1CN)CC(C)(C)C. The van der Waals surface area contributed by atoms with E-state index in [1.165, 1.54) is 12.8 Å². The Morgan fingerprint density at radius 1 is 1.39 bits per heavy atom. The van der Waals surface area contributed by atoms with E-state index < -0.39 is 0 Å². The van der Waals surface area contributed by atoms with Crippen LogP contribution in [0.25, 0.3) is 0 Å². The summed E-state index contributed by atoms with van der Waals surface area (Å²) in [5.74, 6) is 1.15. The Labute approximate surface area is 112 Å². The highest BCUT2D eigenvalue weighted by Crippen LogP contribution is 2.27. The zero-order valence-electron chi connectivity index (χ0n) is 12.5. The van der Waals surface area contributed by atoms with Gasteiger partial charge in [-0.1, -0.05) is 34.1 Å². The number of carbonyl (C=O) groups excluding carboxylic acids is 1. The van der Waals surface area contributed by atoms with Crippen molar-refractivity contribution in [3.05, 3.63) is 0 Å². The molecule has 18 heavy (non-hydrogen) atoms. The zero-order valence-corrected chi connectivity index (χ0v) is 12.5. The molecule has 3 N–H and O–H groups in total. The van der Waals surface area contributed by atoms with Crippen LogP contribution in [0.5, 0.6) is 0 Å². The molecule has 1 fully saturated rings. The van der Waals surface area contributed by atoms with Crippen LogP contribution in [-0.2, 0) is 4.79 Å². The number of rotatable bonds is 5. The lowest BCUT2D eigenvalue weighted by Gasteiger charge is -2.24. The topological polar surface area (TPSA) is 55.1 Å². The molecule has 0 heterocycles. The van der Waals surface area contributed by atoms with E-state index in [0.717, 1.165) is 12.8 Å². The summed E-state index contributed by atoms with van der Waals surface area (Å²) >= 11 is 0. The number of amides is 1. The molecule has 3 nitrogen and oxygen atoms in total. The van der Waals surface area contributed by atoms with Crippen LogP contribution < -0.4 is 11.1 Å². The van der Waals surface area contributed by atoms with Gasteiger partial charge in [-0.3, -0.25) is 4.79 Å². The van der Waals surface area contributed by atoms with Gasteiger partial charge in [0.15, 0.2) is 0 Å². The molecule has 106 valence electrons. The van der Waals surface area contributed by atoms with Gasteiger partial charge in [-0.2, -0.15) is 0 Å². The van der Waals surface area contributed by atoms with Crippen molar-refractivity contribution in [2.45, 2.75) is 65.8 Å². The van der Waals surface area contributed by atoms with Gasteiger partial charge in [-0.25, -0.2) is 0 Å². The number of carbonyl (C=O) groups is 1. The molecule has 0 saturated heterocycles. The van der Waals surface area contributed by atoms with E-state index in [0.29, 0.717) is 36.3 Å². The molecule has 3 unspecified atom stereocenters. The van der Waals surface area contributed by atoms with Gasteiger partial charge in [0.1, 0.15) is 0 Å². The Balaban J connectivity index is 2.33. The first-order valence-corrected chi connectivity index (χ1v) is 7.31. The Morgan fingerprint density at radius 2 is 2.06 bits per heavy atom. The lowest BCUT2D eigenvalue weighted by molar-refractivity contribution is -0.123. The average Bonchev–Trinajstić information content (AvgIpc) is 2.61. The molecule has 0 radical (unpaired) electrons. The second-order valence-corrected chi connectivity index (χ2v) is 7.17. The molecule has 1 saturated carbocycles. The third-order valence-electron chi connectivity index (χ3n) is 3.80. The fraction of sp³-hybridized carbons (Fsp3) is 0.933. The Morgan fingerprint density at radius 3 is 2.61 bits per heavy atom. The molecule has 3 atom stereocenters. The fourth-order valence-corrected chi connectivity index (χ4v) is 3.21. The van der Waals surface area contributed by atoms with E-state index in [1.54, 1.807) is 0 Å². The number of nitrogens with one attached hydrogen (secondary N) is 1. The van der Waals surface area contributed by atoms with Gasteiger partial charge in [-0.15, -0.1) is 0 Å². The van der Waals surface area contributed by atoms with Crippen LogP contribution in [0.4, 0.5) is 0 Å². The van der Waals surface area contributed by atoms with E-state index in [4.69, 9.17) is 5.73 Å². The smallest absolute Gasteiger partial charge is 0.220 e.